The highest BCUT2D eigenvalue weighted by Gasteiger charge is 2.20. The van der Waals surface area contributed by atoms with Crippen molar-refractivity contribution in [1.82, 2.24) is 4.31 Å². The van der Waals surface area contributed by atoms with Crippen LogP contribution in [0.25, 0.3) is 0 Å². The van der Waals surface area contributed by atoms with Crippen LogP contribution in [-0.2, 0) is 14.8 Å². The molecule has 0 heterocycles. The quantitative estimate of drug-likeness (QED) is 0.708. The number of halogens is 1. The molecule has 0 fully saturated rings. The van der Waals surface area contributed by atoms with E-state index in [4.69, 9.17) is 5.73 Å². The summed E-state index contributed by atoms with van der Waals surface area (Å²) in [4.78, 5) is 14.4. The Morgan fingerprint density at radius 2 is 1.68 bits per heavy atom. The molecule has 0 spiro atoms. The van der Waals surface area contributed by atoms with Gasteiger partial charge in [-0.25, -0.2) is 12.7 Å². The first kappa shape index (κ1) is 23.9. The molecule has 0 radical (unpaired) electrons. The number of nitrogens with two attached hydrogens (primary N) is 1. The molecule has 0 aliphatic rings. The van der Waals surface area contributed by atoms with Crippen molar-refractivity contribution in [3.05, 3.63) is 54.1 Å². The van der Waals surface area contributed by atoms with E-state index in [2.05, 4.69) is 5.32 Å². The van der Waals surface area contributed by atoms with Crippen molar-refractivity contribution in [2.24, 2.45) is 5.73 Å². The van der Waals surface area contributed by atoms with E-state index in [-0.39, 0.29) is 29.6 Å². The molecule has 0 saturated carbocycles. The van der Waals surface area contributed by atoms with Crippen LogP contribution in [-0.4, -0.2) is 46.8 Å². The van der Waals surface area contributed by atoms with Gasteiger partial charge in [0.25, 0.3) is 0 Å². The van der Waals surface area contributed by atoms with Gasteiger partial charge in [0.15, 0.2) is 0 Å². The minimum Gasteiger partial charge on any atom is -0.376 e. The van der Waals surface area contributed by atoms with Gasteiger partial charge in [0.2, 0.25) is 15.9 Å². The standard InChI is InChI=1S/C19H26N4O3S.ClH/c1-22(2)18-11-10-15(27(25,26)23(3)4)12-17(18)21-19(24)13-16(20)14-8-6-5-7-9-14;/h5-12,16H,13,20H2,1-4H3,(H,21,24);1H. The Hall–Kier alpha value is -2.13. The molecule has 1 atom stereocenters. The summed E-state index contributed by atoms with van der Waals surface area (Å²) in [5.74, 6) is -0.283. The van der Waals surface area contributed by atoms with Gasteiger partial charge in [-0.2, -0.15) is 0 Å². The van der Waals surface area contributed by atoms with E-state index in [1.807, 2.05) is 44.4 Å². The number of nitrogens with one attached hydrogen (secondary N) is 1. The van der Waals surface area contributed by atoms with Crippen molar-refractivity contribution in [1.29, 1.82) is 0 Å². The first-order valence-electron chi connectivity index (χ1n) is 8.47. The molecular formula is C19H27ClN4O3S. The summed E-state index contributed by atoms with van der Waals surface area (Å²) in [6.07, 6.45) is 0.0849. The monoisotopic (exact) mass is 426 g/mol. The topological polar surface area (TPSA) is 95.7 Å². The molecule has 154 valence electrons. The minimum atomic E-state index is -3.60. The lowest BCUT2D eigenvalue weighted by Crippen LogP contribution is -2.24. The van der Waals surface area contributed by atoms with Gasteiger partial charge in [-0.1, -0.05) is 30.3 Å². The summed E-state index contributed by atoms with van der Waals surface area (Å²) in [5, 5.41) is 2.80. The number of benzene rings is 2. The van der Waals surface area contributed by atoms with Crippen LogP contribution in [0.3, 0.4) is 0 Å². The van der Waals surface area contributed by atoms with E-state index >= 15 is 0 Å². The van der Waals surface area contributed by atoms with Gasteiger partial charge in [-0.15, -0.1) is 12.4 Å². The van der Waals surface area contributed by atoms with Crippen molar-refractivity contribution in [3.63, 3.8) is 0 Å². The van der Waals surface area contributed by atoms with E-state index < -0.39 is 16.1 Å². The molecule has 0 aliphatic heterocycles. The normalized spacial score (nSPS) is 12.2. The average molecular weight is 427 g/mol. The SMILES string of the molecule is CN(C)c1ccc(S(=O)(=O)N(C)C)cc1NC(=O)CC(N)c1ccccc1.Cl. The fraction of sp³-hybridized carbons (Fsp3) is 0.316. The van der Waals surface area contributed by atoms with Crippen LogP contribution in [0, 0.1) is 0 Å². The number of nitrogens with zero attached hydrogens (tertiary/aromatic N) is 2. The molecule has 2 rings (SSSR count). The zero-order valence-corrected chi connectivity index (χ0v) is 18.0. The number of carbonyl (C=O) groups excluding carboxylic acids is 1. The van der Waals surface area contributed by atoms with Crippen LogP contribution in [0.4, 0.5) is 11.4 Å². The van der Waals surface area contributed by atoms with Gasteiger partial charge in [0.1, 0.15) is 0 Å². The molecule has 2 aromatic carbocycles. The Balaban J connectivity index is 0.00000392. The fourth-order valence-corrected chi connectivity index (χ4v) is 3.52. The highest BCUT2D eigenvalue weighted by atomic mass is 35.5. The Bertz CT molecular complexity index is 903. The molecule has 7 nitrogen and oxygen atoms in total. The number of anilines is 2. The smallest absolute Gasteiger partial charge is 0.242 e. The van der Waals surface area contributed by atoms with Crippen molar-refractivity contribution >= 4 is 39.7 Å². The molecule has 1 amide bonds. The van der Waals surface area contributed by atoms with E-state index in [0.717, 1.165) is 9.87 Å². The minimum absolute atomic E-state index is 0. The lowest BCUT2D eigenvalue weighted by atomic mass is 10.0. The van der Waals surface area contributed by atoms with E-state index in [9.17, 15) is 13.2 Å². The average Bonchev–Trinajstić information content (AvgIpc) is 2.61. The van der Waals surface area contributed by atoms with Crippen LogP contribution in [0.5, 0.6) is 0 Å². The predicted molar refractivity (Wildman–Crippen MR) is 116 cm³/mol. The van der Waals surface area contributed by atoms with Gasteiger partial charge in [0, 0.05) is 40.7 Å². The molecule has 9 heteroatoms. The lowest BCUT2D eigenvalue weighted by Gasteiger charge is -2.21. The highest BCUT2D eigenvalue weighted by molar-refractivity contribution is 7.89. The summed E-state index contributed by atoms with van der Waals surface area (Å²) < 4.78 is 25.9. The zero-order valence-electron chi connectivity index (χ0n) is 16.4. The van der Waals surface area contributed by atoms with Crippen molar-refractivity contribution in [3.8, 4) is 0 Å². The predicted octanol–water partition coefficient (Wildman–Crippen LogP) is 2.45. The van der Waals surface area contributed by atoms with Gasteiger partial charge in [0.05, 0.1) is 16.3 Å². The molecular weight excluding hydrogens is 400 g/mol. The maximum atomic E-state index is 12.5. The maximum absolute atomic E-state index is 12.5. The third-order valence-corrected chi connectivity index (χ3v) is 5.95. The molecule has 0 bridgehead atoms. The molecule has 1 unspecified atom stereocenters. The fourth-order valence-electron chi connectivity index (χ4n) is 2.60. The second-order valence-electron chi connectivity index (χ2n) is 6.63. The number of sulfonamides is 1. The first-order valence-corrected chi connectivity index (χ1v) is 9.91. The summed E-state index contributed by atoms with van der Waals surface area (Å²) in [5.41, 5.74) is 8.11. The maximum Gasteiger partial charge on any atom is 0.242 e. The van der Waals surface area contributed by atoms with E-state index in [0.29, 0.717) is 11.4 Å². The Morgan fingerprint density at radius 1 is 1.07 bits per heavy atom. The molecule has 2 aromatic rings. The van der Waals surface area contributed by atoms with E-state index in [1.165, 1.54) is 26.2 Å². The third-order valence-electron chi connectivity index (χ3n) is 4.14. The van der Waals surface area contributed by atoms with Gasteiger partial charge in [-0.3, -0.25) is 4.79 Å². The second kappa shape index (κ2) is 9.88. The first-order chi connectivity index (χ1) is 12.6. The Kier molecular flexibility index (Phi) is 8.44. The highest BCUT2D eigenvalue weighted by Crippen LogP contribution is 2.29. The second-order valence-corrected chi connectivity index (χ2v) is 8.78. The van der Waals surface area contributed by atoms with Crippen molar-refractivity contribution in [2.75, 3.05) is 38.4 Å². The van der Waals surface area contributed by atoms with Gasteiger partial charge in [-0.05, 0) is 23.8 Å². The summed E-state index contributed by atoms with van der Waals surface area (Å²) >= 11 is 0. The van der Waals surface area contributed by atoms with Crippen LogP contribution in [0.2, 0.25) is 0 Å². The number of rotatable bonds is 7. The largest absolute Gasteiger partial charge is 0.376 e. The van der Waals surface area contributed by atoms with Crippen LogP contribution >= 0.6 is 12.4 Å². The van der Waals surface area contributed by atoms with Crippen molar-refractivity contribution < 1.29 is 13.2 Å². The Labute approximate surface area is 173 Å². The summed E-state index contributed by atoms with van der Waals surface area (Å²) in [6, 6.07) is 13.6. The van der Waals surface area contributed by atoms with Crippen LogP contribution in [0.1, 0.15) is 18.0 Å². The lowest BCUT2D eigenvalue weighted by molar-refractivity contribution is -0.116. The number of amides is 1. The molecule has 0 aromatic heterocycles. The van der Waals surface area contributed by atoms with Crippen LogP contribution < -0.4 is 16.0 Å². The third kappa shape index (κ3) is 5.68. The summed E-state index contributed by atoms with van der Waals surface area (Å²) in [7, 11) is 2.96. The number of hydrogen-bond acceptors (Lipinski definition) is 5. The number of hydrogen-bond donors (Lipinski definition) is 2. The summed E-state index contributed by atoms with van der Waals surface area (Å²) in [6.45, 7) is 0. The van der Waals surface area contributed by atoms with Crippen LogP contribution in [0.15, 0.2) is 53.4 Å². The zero-order chi connectivity index (χ0) is 20.2. The Morgan fingerprint density at radius 3 is 2.21 bits per heavy atom. The molecule has 0 aliphatic carbocycles. The molecule has 0 saturated heterocycles. The van der Waals surface area contributed by atoms with Crippen molar-refractivity contribution in [2.45, 2.75) is 17.4 Å². The van der Waals surface area contributed by atoms with E-state index in [1.54, 1.807) is 11.0 Å². The number of carbonyl (C=O) groups is 1. The van der Waals surface area contributed by atoms with Gasteiger partial charge < -0.3 is 16.0 Å². The molecule has 3 N–H and O–H groups in total. The van der Waals surface area contributed by atoms with Gasteiger partial charge >= 0.3 is 0 Å². The molecule has 28 heavy (non-hydrogen) atoms.